The van der Waals surface area contributed by atoms with E-state index in [1.807, 2.05) is 17.9 Å². The van der Waals surface area contributed by atoms with Crippen LogP contribution in [0.15, 0.2) is 54.6 Å². The highest BCUT2D eigenvalue weighted by Crippen LogP contribution is 2.10. The minimum Gasteiger partial charge on any atom is -0.349 e. The molecule has 2 aromatic carbocycles. The van der Waals surface area contributed by atoms with Crippen molar-refractivity contribution in [3.05, 3.63) is 66.0 Å². The van der Waals surface area contributed by atoms with Gasteiger partial charge in [0.25, 0.3) is 5.91 Å². The number of nitrogens with zero attached hydrogens (tertiary/aromatic N) is 2. The van der Waals surface area contributed by atoms with Crippen molar-refractivity contribution < 1.29 is 18.8 Å². The Morgan fingerprint density at radius 1 is 1.00 bits per heavy atom. The Bertz CT molecular complexity index is 914. The van der Waals surface area contributed by atoms with E-state index in [-0.39, 0.29) is 36.7 Å². The number of amides is 3. The van der Waals surface area contributed by atoms with Crippen molar-refractivity contribution >= 4 is 23.4 Å². The van der Waals surface area contributed by atoms with Crippen molar-refractivity contribution in [1.82, 2.24) is 15.1 Å². The summed E-state index contributed by atoms with van der Waals surface area (Å²) in [5, 5.41) is 5.53. The summed E-state index contributed by atoms with van der Waals surface area (Å²) in [6.07, 6.45) is 0.221. The highest BCUT2D eigenvalue weighted by atomic mass is 19.1. The van der Waals surface area contributed by atoms with E-state index in [0.717, 1.165) is 0 Å². The zero-order valence-corrected chi connectivity index (χ0v) is 17.5. The summed E-state index contributed by atoms with van der Waals surface area (Å²) in [5.41, 5.74) is 0.984. The minimum absolute atomic E-state index is 0.0234. The van der Waals surface area contributed by atoms with E-state index in [1.54, 1.807) is 41.3 Å². The predicted octanol–water partition coefficient (Wildman–Crippen LogP) is 2.12. The molecule has 1 atom stereocenters. The third kappa shape index (κ3) is 6.89. The van der Waals surface area contributed by atoms with Gasteiger partial charge in [0.05, 0.1) is 6.54 Å². The van der Waals surface area contributed by atoms with Gasteiger partial charge in [0, 0.05) is 49.9 Å². The topological polar surface area (TPSA) is 81.8 Å². The monoisotopic (exact) mass is 426 g/mol. The van der Waals surface area contributed by atoms with Gasteiger partial charge in [-0.05, 0) is 37.3 Å². The number of carbonyl (C=O) groups excluding carboxylic acids is 3. The molecular formula is C23H27FN4O3. The number of halogens is 1. The smallest absolute Gasteiger partial charge is 0.251 e. The third-order valence-corrected chi connectivity index (χ3v) is 5.09. The molecule has 0 unspecified atom stereocenters. The second-order valence-electron chi connectivity index (χ2n) is 7.66. The van der Waals surface area contributed by atoms with E-state index in [9.17, 15) is 18.8 Å². The van der Waals surface area contributed by atoms with Gasteiger partial charge in [-0.15, -0.1) is 0 Å². The van der Waals surface area contributed by atoms with Crippen molar-refractivity contribution in [1.29, 1.82) is 0 Å². The number of carbonyl (C=O) groups is 3. The van der Waals surface area contributed by atoms with Crippen molar-refractivity contribution in [2.45, 2.75) is 19.4 Å². The molecule has 0 radical (unpaired) electrons. The van der Waals surface area contributed by atoms with Crippen LogP contribution in [0.3, 0.4) is 0 Å². The first-order valence-corrected chi connectivity index (χ1v) is 10.3. The van der Waals surface area contributed by atoms with Crippen molar-refractivity contribution in [3.63, 3.8) is 0 Å². The first kappa shape index (κ1) is 22.4. The molecule has 1 aliphatic heterocycles. The second kappa shape index (κ2) is 10.7. The maximum atomic E-state index is 13.2. The maximum absolute atomic E-state index is 13.2. The van der Waals surface area contributed by atoms with Crippen LogP contribution in [0.2, 0.25) is 0 Å². The van der Waals surface area contributed by atoms with Crippen LogP contribution in [0, 0.1) is 5.82 Å². The Labute approximate surface area is 181 Å². The minimum atomic E-state index is -0.404. The van der Waals surface area contributed by atoms with Gasteiger partial charge in [0.2, 0.25) is 11.8 Å². The van der Waals surface area contributed by atoms with Gasteiger partial charge in [-0.3, -0.25) is 19.3 Å². The zero-order valence-electron chi connectivity index (χ0n) is 17.5. The molecule has 1 aliphatic rings. The van der Waals surface area contributed by atoms with Gasteiger partial charge in [0.15, 0.2) is 0 Å². The molecule has 3 amide bonds. The number of benzene rings is 2. The average Bonchev–Trinajstić information content (AvgIpc) is 2.74. The van der Waals surface area contributed by atoms with Crippen LogP contribution in [0.4, 0.5) is 10.1 Å². The first-order valence-electron chi connectivity index (χ1n) is 10.3. The summed E-state index contributed by atoms with van der Waals surface area (Å²) in [7, 11) is 0. The largest absolute Gasteiger partial charge is 0.349 e. The number of anilines is 1. The Kier molecular flexibility index (Phi) is 7.72. The molecule has 0 aromatic heterocycles. The molecule has 8 heteroatoms. The molecule has 1 heterocycles. The van der Waals surface area contributed by atoms with E-state index in [0.29, 0.717) is 37.4 Å². The molecule has 164 valence electrons. The quantitative estimate of drug-likeness (QED) is 0.711. The van der Waals surface area contributed by atoms with Crippen LogP contribution in [-0.2, 0) is 9.59 Å². The van der Waals surface area contributed by atoms with Crippen LogP contribution >= 0.6 is 0 Å². The molecule has 0 saturated carbocycles. The number of piperazine rings is 1. The molecule has 7 nitrogen and oxygen atoms in total. The first-order chi connectivity index (χ1) is 14.9. The lowest BCUT2D eigenvalue weighted by atomic mass is 10.1. The van der Waals surface area contributed by atoms with Gasteiger partial charge in [0.1, 0.15) is 5.82 Å². The van der Waals surface area contributed by atoms with E-state index in [4.69, 9.17) is 0 Å². The molecule has 1 saturated heterocycles. The zero-order chi connectivity index (χ0) is 22.2. The molecule has 2 N–H and O–H groups in total. The maximum Gasteiger partial charge on any atom is 0.251 e. The highest BCUT2D eigenvalue weighted by molar-refractivity contribution is 5.94. The summed E-state index contributed by atoms with van der Waals surface area (Å²) in [6.45, 7) is 4.19. The number of rotatable bonds is 7. The van der Waals surface area contributed by atoms with Crippen LogP contribution < -0.4 is 10.6 Å². The van der Waals surface area contributed by atoms with Gasteiger partial charge >= 0.3 is 0 Å². The Morgan fingerprint density at radius 3 is 2.39 bits per heavy atom. The van der Waals surface area contributed by atoms with Crippen LogP contribution in [0.5, 0.6) is 0 Å². The van der Waals surface area contributed by atoms with Crippen LogP contribution in [-0.4, -0.2) is 66.3 Å². The average molecular weight is 426 g/mol. The van der Waals surface area contributed by atoms with E-state index in [1.165, 1.54) is 12.1 Å². The Morgan fingerprint density at radius 2 is 1.71 bits per heavy atom. The van der Waals surface area contributed by atoms with Gasteiger partial charge in [-0.2, -0.15) is 0 Å². The van der Waals surface area contributed by atoms with Gasteiger partial charge in [-0.1, -0.05) is 24.3 Å². The second-order valence-corrected chi connectivity index (χ2v) is 7.66. The van der Waals surface area contributed by atoms with Crippen LogP contribution in [0.1, 0.15) is 23.7 Å². The van der Waals surface area contributed by atoms with E-state index < -0.39 is 5.82 Å². The Balaban J connectivity index is 1.39. The van der Waals surface area contributed by atoms with Crippen molar-refractivity contribution in [3.8, 4) is 0 Å². The normalized spacial score (nSPS) is 15.2. The molecule has 3 rings (SSSR count). The lowest BCUT2D eigenvalue weighted by Gasteiger charge is -2.34. The molecule has 0 aliphatic carbocycles. The van der Waals surface area contributed by atoms with E-state index >= 15 is 0 Å². The fourth-order valence-electron chi connectivity index (χ4n) is 3.46. The predicted molar refractivity (Wildman–Crippen MR) is 116 cm³/mol. The number of hydrogen-bond donors (Lipinski definition) is 2. The molecular weight excluding hydrogens is 399 g/mol. The molecule has 0 bridgehead atoms. The summed E-state index contributed by atoms with van der Waals surface area (Å²) in [4.78, 5) is 40.7. The molecule has 1 fully saturated rings. The SMILES string of the molecule is C[C@H](CC(=O)N1CCN(CC(=O)Nc2cccc(F)c2)CC1)NC(=O)c1ccccc1. The fourth-order valence-corrected chi connectivity index (χ4v) is 3.46. The lowest BCUT2D eigenvalue weighted by Crippen LogP contribution is -2.51. The summed E-state index contributed by atoms with van der Waals surface area (Å²) in [6, 6.07) is 14.4. The Hall–Kier alpha value is -3.26. The van der Waals surface area contributed by atoms with Gasteiger partial charge in [-0.25, -0.2) is 4.39 Å². The summed E-state index contributed by atoms with van der Waals surface area (Å²) < 4.78 is 13.2. The summed E-state index contributed by atoms with van der Waals surface area (Å²) >= 11 is 0. The lowest BCUT2D eigenvalue weighted by molar-refractivity contribution is -0.133. The fraction of sp³-hybridized carbons (Fsp3) is 0.348. The molecule has 2 aromatic rings. The van der Waals surface area contributed by atoms with Crippen LogP contribution in [0.25, 0.3) is 0 Å². The number of hydrogen-bond acceptors (Lipinski definition) is 4. The van der Waals surface area contributed by atoms with Gasteiger partial charge < -0.3 is 15.5 Å². The van der Waals surface area contributed by atoms with E-state index in [2.05, 4.69) is 10.6 Å². The third-order valence-electron chi connectivity index (χ3n) is 5.09. The molecule has 31 heavy (non-hydrogen) atoms. The summed E-state index contributed by atoms with van der Waals surface area (Å²) in [5.74, 6) is -0.846. The number of nitrogens with one attached hydrogen (secondary N) is 2. The standard InChI is InChI=1S/C23H27FN4O3/c1-17(25-23(31)18-6-3-2-4-7-18)14-22(30)28-12-10-27(11-13-28)16-21(29)26-20-9-5-8-19(24)15-20/h2-9,15,17H,10-14,16H2,1H3,(H,25,31)(H,26,29)/t17-/m1/s1. The highest BCUT2D eigenvalue weighted by Gasteiger charge is 2.24. The van der Waals surface area contributed by atoms with Crippen molar-refractivity contribution in [2.24, 2.45) is 0 Å². The van der Waals surface area contributed by atoms with Crippen molar-refractivity contribution in [2.75, 3.05) is 38.0 Å². The molecule has 0 spiro atoms.